The summed E-state index contributed by atoms with van der Waals surface area (Å²) >= 11 is 0. The van der Waals surface area contributed by atoms with Crippen molar-refractivity contribution in [2.24, 2.45) is 5.73 Å². The Hall–Kier alpha value is -3.06. The molecule has 0 saturated heterocycles. The van der Waals surface area contributed by atoms with E-state index in [1.165, 1.54) is 19.2 Å². The predicted octanol–water partition coefficient (Wildman–Crippen LogP) is 1.35. The Morgan fingerprint density at radius 2 is 1.77 bits per heavy atom. The van der Waals surface area contributed by atoms with E-state index in [2.05, 4.69) is 5.32 Å². The number of nitrogens with one attached hydrogen (secondary N) is 1. The van der Waals surface area contributed by atoms with Crippen LogP contribution in [0.2, 0.25) is 0 Å². The Bertz CT molecular complexity index is 862. The molecule has 0 spiro atoms. The number of benzene rings is 2. The van der Waals surface area contributed by atoms with Crippen LogP contribution in [0.1, 0.15) is 36.6 Å². The standard InChI is InChI=1S/C19H18FN3O3/c1-22-17(24)15-7-6-11(9-16(15)20)8-12(21)10-23-18(25)13-4-2-3-5-14(13)19(23)26/h2-7,9,12H,8,10,21H2,1H3,(H,22,24)/t12-/m0/s1. The molecular weight excluding hydrogens is 337 g/mol. The minimum atomic E-state index is -0.644. The summed E-state index contributed by atoms with van der Waals surface area (Å²) in [5.41, 5.74) is 7.34. The van der Waals surface area contributed by atoms with Gasteiger partial charge in [0.05, 0.1) is 16.7 Å². The van der Waals surface area contributed by atoms with Crippen molar-refractivity contribution in [3.8, 4) is 0 Å². The first-order valence-electron chi connectivity index (χ1n) is 8.13. The highest BCUT2D eigenvalue weighted by Crippen LogP contribution is 2.22. The number of carbonyl (C=O) groups excluding carboxylic acids is 3. The Labute approximate surface area is 149 Å². The summed E-state index contributed by atoms with van der Waals surface area (Å²) in [5.74, 6) is -1.90. The van der Waals surface area contributed by atoms with Crippen molar-refractivity contribution >= 4 is 17.7 Å². The molecule has 0 fully saturated rings. The minimum Gasteiger partial charge on any atom is -0.355 e. The fourth-order valence-corrected chi connectivity index (χ4v) is 3.01. The molecule has 2 aromatic rings. The van der Waals surface area contributed by atoms with Crippen LogP contribution < -0.4 is 11.1 Å². The number of fused-ring (bicyclic) bond motifs is 1. The van der Waals surface area contributed by atoms with Gasteiger partial charge < -0.3 is 11.1 Å². The summed E-state index contributed by atoms with van der Waals surface area (Å²) < 4.78 is 14.0. The molecule has 0 saturated carbocycles. The van der Waals surface area contributed by atoms with Gasteiger partial charge in [-0.3, -0.25) is 19.3 Å². The predicted molar refractivity (Wildman–Crippen MR) is 93.3 cm³/mol. The monoisotopic (exact) mass is 355 g/mol. The molecule has 0 aliphatic carbocycles. The van der Waals surface area contributed by atoms with Gasteiger partial charge in [-0.15, -0.1) is 0 Å². The van der Waals surface area contributed by atoms with Gasteiger partial charge in [-0.1, -0.05) is 18.2 Å². The average Bonchev–Trinajstić information content (AvgIpc) is 2.86. The molecule has 1 aliphatic rings. The lowest BCUT2D eigenvalue weighted by molar-refractivity contribution is 0.0644. The van der Waals surface area contributed by atoms with E-state index in [9.17, 15) is 18.8 Å². The van der Waals surface area contributed by atoms with Crippen molar-refractivity contribution in [1.29, 1.82) is 0 Å². The minimum absolute atomic E-state index is 0.0329. The van der Waals surface area contributed by atoms with Gasteiger partial charge in [0.2, 0.25) is 0 Å². The van der Waals surface area contributed by atoms with E-state index < -0.39 is 17.8 Å². The molecule has 2 aromatic carbocycles. The third-order valence-electron chi connectivity index (χ3n) is 4.30. The van der Waals surface area contributed by atoms with Crippen molar-refractivity contribution in [3.05, 3.63) is 70.5 Å². The SMILES string of the molecule is CNC(=O)c1ccc(C[C@H](N)CN2C(=O)c3ccccc3C2=O)cc1F. The normalized spacial score (nSPS) is 14.3. The number of amides is 3. The molecular formula is C19H18FN3O3. The molecule has 1 aliphatic heterocycles. The van der Waals surface area contributed by atoms with Crippen molar-refractivity contribution in [2.75, 3.05) is 13.6 Å². The van der Waals surface area contributed by atoms with Gasteiger partial charge in [-0.25, -0.2) is 4.39 Å². The number of carbonyl (C=O) groups is 3. The smallest absolute Gasteiger partial charge is 0.261 e. The number of rotatable bonds is 5. The average molecular weight is 355 g/mol. The molecule has 134 valence electrons. The van der Waals surface area contributed by atoms with Crippen molar-refractivity contribution in [3.63, 3.8) is 0 Å². The molecule has 3 rings (SSSR count). The van der Waals surface area contributed by atoms with Crippen molar-refractivity contribution in [2.45, 2.75) is 12.5 Å². The van der Waals surface area contributed by atoms with Gasteiger partial charge in [0.25, 0.3) is 17.7 Å². The summed E-state index contributed by atoms with van der Waals surface area (Å²) in [7, 11) is 1.42. The fourth-order valence-electron chi connectivity index (χ4n) is 3.01. The lowest BCUT2D eigenvalue weighted by atomic mass is 10.0. The molecule has 6 nitrogen and oxygen atoms in total. The number of nitrogens with two attached hydrogens (primary N) is 1. The molecule has 0 bridgehead atoms. The van der Waals surface area contributed by atoms with E-state index in [0.717, 1.165) is 4.90 Å². The maximum absolute atomic E-state index is 14.0. The second kappa shape index (κ2) is 7.05. The number of nitrogens with zero attached hydrogens (tertiary/aromatic N) is 1. The molecule has 26 heavy (non-hydrogen) atoms. The van der Waals surface area contributed by atoms with E-state index >= 15 is 0 Å². The first kappa shape index (κ1) is 17.8. The van der Waals surface area contributed by atoms with Crippen molar-refractivity contribution < 1.29 is 18.8 Å². The molecule has 7 heteroatoms. The van der Waals surface area contributed by atoms with Crippen LogP contribution in [0, 0.1) is 5.82 Å². The molecule has 3 N–H and O–H groups in total. The van der Waals surface area contributed by atoms with Crippen LogP contribution in [0.25, 0.3) is 0 Å². The third kappa shape index (κ3) is 3.21. The van der Waals surface area contributed by atoms with Gasteiger partial charge >= 0.3 is 0 Å². The Kier molecular flexibility index (Phi) is 4.81. The second-order valence-electron chi connectivity index (χ2n) is 6.12. The van der Waals surface area contributed by atoms with E-state index in [4.69, 9.17) is 5.73 Å². The maximum atomic E-state index is 14.0. The lowest BCUT2D eigenvalue weighted by Gasteiger charge is -2.19. The largest absolute Gasteiger partial charge is 0.355 e. The number of halogens is 1. The molecule has 1 atom stereocenters. The van der Waals surface area contributed by atoms with Gasteiger partial charge in [-0.2, -0.15) is 0 Å². The quantitative estimate of drug-likeness (QED) is 0.792. The van der Waals surface area contributed by atoms with Gasteiger partial charge in [-0.05, 0) is 36.2 Å². The van der Waals surface area contributed by atoms with E-state index in [1.54, 1.807) is 30.3 Å². The topological polar surface area (TPSA) is 92.5 Å². The number of imide groups is 1. The van der Waals surface area contributed by atoms with Gasteiger partial charge in [0.15, 0.2) is 0 Å². The molecule has 3 amide bonds. The van der Waals surface area contributed by atoms with Crippen LogP contribution in [0.5, 0.6) is 0 Å². The summed E-state index contributed by atoms with van der Waals surface area (Å²) in [4.78, 5) is 37.3. The summed E-state index contributed by atoms with van der Waals surface area (Å²) in [6.45, 7) is 0.0329. The first-order valence-corrected chi connectivity index (χ1v) is 8.13. The third-order valence-corrected chi connectivity index (χ3v) is 4.30. The number of hydrogen-bond donors (Lipinski definition) is 2. The zero-order chi connectivity index (χ0) is 18.8. The highest BCUT2D eigenvalue weighted by atomic mass is 19.1. The van der Waals surface area contributed by atoms with Crippen LogP contribution >= 0.6 is 0 Å². The lowest BCUT2D eigenvalue weighted by Crippen LogP contribution is -2.41. The zero-order valence-electron chi connectivity index (χ0n) is 14.2. The molecule has 0 aromatic heterocycles. The van der Waals surface area contributed by atoms with Crippen molar-refractivity contribution in [1.82, 2.24) is 10.2 Å². The van der Waals surface area contributed by atoms with Gasteiger partial charge in [0, 0.05) is 19.6 Å². The Morgan fingerprint density at radius 3 is 2.31 bits per heavy atom. The zero-order valence-corrected chi connectivity index (χ0v) is 14.2. The van der Waals surface area contributed by atoms with Gasteiger partial charge in [0.1, 0.15) is 5.82 Å². The molecule has 1 heterocycles. The highest BCUT2D eigenvalue weighted by Gasteiger charge is 2.35. The first-order chi connectivity index (χ1) is 12.4. The summed E-state index contributed by atoms with van der Waals surface area (Å²) in [6.07, 6.45) is 0.262. The molecule has 0 unspecified atom stereocenters. The fraction of sp³-hybridized carbons (Fsp3) is 0.211. The second-order valence-corrected chi connectivity index (χ2v) is 6.12. The Balaban J connectivity index is 1.69. The van der Waals surface area contributed by atoms with Crippen LogP contribution in [-0.2, 0) is 6.42 Å². The molecule has 0 radical (unpaired) electrons. The van der Waals surface area contributed by atoms with E-state index in [0.29, 0.717) is 16.7 Å². The number of hydrogen-bond acceptors (Lipinski definition) is 4. The Morgan fingerprint density at radius 1 is 1.15 bits per heavy atom. The summed E-state index contributed by atoms with van der Waals surface area (Å²) in [6, 6.07) is 10.3. The van der Waals surface area contributed by atoms with E-state index in [-0.39, 0.29) is 30.3 Å². The van der Waals surface area contributed by atoms with Crippen LogP contribution in [0.15, 0.2) is 42.5 Å². The van der Waals surface area contributed by atoms with Crippen LogP contribution in [-0.4, -0.2) is 42.3 Å². The van der Waals surface area contributed by atoms with Crippen LogP contribution in [0.4, 0.5) is 4.39 Å². The maximum Gasteiger partial charge on any atom is 0.261 e. The summed E-state index contributed by atoms with van der Waals surface area (Å²) in [5, 5.41) is 2.36. The van der Waals surface area contributed by atoms with E-state index in [1.807, 2.05) is 0 Å². The highest BCUT2D eigenvalue weighted by molar-refractivity contribution is 6.21. The van der Waals surface area contributed by atoms with Crippen LogP contribution in [0.3, 0.4) is 0 Å².